The lowest BCUT2D eigenvalue weighted by molar-refractivity contribution is -0.137. The van der Waals surface area contributed by atoms with E-state index < -0.39 is 11.7 Å². The molecule has 21 heavy (non-hydrogen) atoms. The second-order valence-electron chi connectivity index (χ2n) is 4.43. The van der Waals surface area contributed by atoms with Crippen molar-refractivity contribution in [2.45, 2.75) is 6.18 Å². The molecule has 3 rings (SSSR count). The maximum Gasteiger partial charge on any atom is 0.418 e. The summed E-state index contributed by atoms with van der Waals surface area (Å²) in [4.78, 5) is 4.06. The van der Waals surface area contributed by atoms with Crippen molar-refractivity contribution in [1.82, 2.24) is 9.55 Å². The fraction of sp³-hybridized carbons (Fsp3) is 0.0714. The minimum Gasteiger partial charge on any atom is -0.369 e. The molecule has 0 unspecified atom stereocenters. The molecule has 0 saturated heterocycles. The molecule has 0 spiro atoms. The van der Waals surface area contributed by atoms with E-state index in [0.29, 0.717) is 11.0 Å². The van der Waals surface area contributed by atoms with Gasteiger partial charge < -0.3 is 5.73 Å². The second-order valence-corrected chi connectivity index (χ2v) is 4.84. The van der Waals surface area contributed by atoms with Crippen molar-refractivity contribution in [3.8, 4) is 5.69 Å². The Morgan fingerprint density at radius 2 is 1.76 bits per heavy atom. The molecule has 0 aliphatic carbocycles. The second kappa shape index (κ2) is 4.66. The lowest BCUT2D eigenvalue weighted by Crippen LogP contribution is -2.12. The highest BCUT2D eigenvalue weighted by Crippen LogP contribution is 2.37. The number of hydrogen-bond donors (Lipinski definition) is 1. The number of anilines is 1. The van der Waals surface area contributed by atoms with Crippen molar-refractivity contribution >= 4 is 28.6 Å². The van der Waals surface area contributed by atoms with E-state index in [1.807, 2.05) is 0 Å². The molecule has 7 heteroatoms. The number of para-hydroxylation sites is 2. The molecule has 0 aliphatic rings. The zero-order valence-electron chi connectivity index (χ0n) is 10.5. The van der Waals surface area contributed by atoms with Crippen LogP contribution in [0.1, 0.15) is 5.56 Å². The zero-order valence-corrected chi connectivity index (χ0v) is 11.3. The fourth-order valence-corrected chi connectivity index (χ4v) is 2.51. The fourth-order valence-electron chi connectivity index (χ4n) is 2.26. The average Bonchev–Trinajstić information content (AvgIpc) is 2.75. The van der Waals surface area contributed by atoms with Gasteiger partial charge in [-0.3, -0.25) is 4.57 Å². The summed E-state index contributed by atoms with van der Waals surface area (Å²) in [5, 5.41) is 0.286. The van der Waals surface area contributed by atoms with Gasteiger partial charge in [-0.15, -0.1) is 0 Å². The summed E-state index contributed by atoms with van der Waals surface area (Å²) >= 11 is 6.09. The van der Waals surface area contributed by atoms with Crippen LogP contribution in [-0.4, -0.2) is 9.55 Å². The Balaban J connectivity index is 2.40. The number of halogens is 4. The Labute approximate surface area is 122 Å². The summed E-state index contributed by atoms with van der Waals surface area (Å²) in [6, 6.07) is 10.1. The van der Waals surface area contributed by atoms with Crippen LogP contribution >= 0.6 is 11.6 Å². The number of nitrogens with two attached hydrogens (primary N) is 1. The van der Waals surface area contributed by atoms with E-state index >= 15 is 0 Å². The van der Waals surface area contributed by atoms with E-state index in [9.17, 15) is 13.2 Å². The molecule has 1 aromatic heterocycles. The van der Waals surface area contributed by atoms with Gasteiger partial charge in [0, 0.05) is 0 Å². The molecule has 3 aromatic rings. The van der Waals surface area contributed by atoms with Crippen LogP contribution in [0, 0.1) is 0 Å². The molecule has 1 heterocycles. The molecule has 0 amide bonds. The van der Waals surface area contributed by atoms with Gasteiger partial charge in [0.05, 0.1) is 27.3 Å². The summed E-state index contributed by atoms with van der Waals surface area (Å²) in [6.07, 6.45) is -4.50. The van der Waals surface area contributed by atoms with Crippen LogP contribution in [0.15, 0.2) is 42.5 Å². The molecule has 2 N–H and O–H groups in total. The van der Waals surface area contributed by atoms with E-state index in [1.165, 1.54) is 22.8 Å². The summed E-state index contributed by atoms with van der Waals surface area (Å²) in [7, 11) is 0. The van der Waals surface area contributed by atoms with Crippen LogP contribution in [0.5, 0.6) is 0 Å². The van der Waals surface area contributed by atoms with Gasteiger partial charge in [-0.2, -0.15) is 13.2 Å². The van der Waals surface area contributed by atoms with Gasteiger partial charge in [0.1, 0.15) is 0 Å². The van der Waals surface area contributed by atoms with Gasteiger partial charge in [0.15, 0.2) is 0 Å². The number of imidazole rings is 1. The molecule has 2 aromatic carbocycles. The van der Waals surface area contributed by atoms with E-state index in [1.54, 1.807) is 18.2 Å². The Bertz CT molecular complexity index is 824. The predicted molar refractivity (Wildman–Crippen MR) is 75.5 cm³/mol. The van der Waals surface area contributed by atoms with Crippen molar-refractivity contribution in [3.05, 3.63) is 53.1 Å². The van der Waals surface area contributed by atoms with Gasteiger partial charge in [0.25, 0.3) is 0 Å². The van der Waals surface area contributed by atoms with Crippen LogP contribution in [-0.2, 0) is 6.18 Å². The highest BCUT2D eigenvalue weighted by Gasteiger charge is 2.34. The predicted octanol–water partition coefficient (Wildman–Crippen LogP) is 4.28. The summed E-state index contributed by atoms with van der Waals surface area (Å²) in [5.74, 6) is -0.0465. The Morgan fingerprint density at radius 1 is 1.05 bits per heavy atom. The average molecular weight is 312 g/mol. The zero-order chi connectivity index (χ0) is 15.2. The van der Waals surface area contributed by atoms with Gasteiger partial charge in [-0.25, -0.2) is 4.98 Å². The van der Waals surface area contributed by atoms with E-state index in [4.69, 9.17) is 17.3 Å². The van der Waals surface area contributed by atoms with Crippen molar-refractivity contribution < 1.29 is 13.2 Å². The SMILES string of the molecule is Nc1nc2cccc(Cl)c2n1-c1ccccc1C(F)(F)F. The standard InChI is InChI=1S/C14H9ClF3N3/c15-9-5-3-6-10-12(9)21(13(19)20-10)11-7-2-1-4-8(11)14(16,17)18/h1-7H,(H2,19,20). The molecule has 0 atom stereocenters. The summed E-state index contributed by atoms with van der Waals surface area (Å²) < 4.78 is 40.7. The van der Waals surface area contributed by atoms with Crippen LogP contribution in [0.4, 0.5) is 19.1 Å². The minimum atomic E-state index is -4.50. The largest absolute Gasteiger partial charge is 0.418 e. The van der Waals surface area contributed by atoms with Gasteiger partial charge >= 0.3 is 6.18 Å². The number of aromatic nitrogens is 2. The Morgan fingerprint density at radius 3 is 2.48 bits per heavy atom. The summed E-state index contributed by atoms with van der Waals surface area (Å²) in [6.45, 7) is 0. The van der Waals surface area contributed by atoms with E-state index in [2.05, 4.69) is 4.98 Å². The van der Waals surface area contributed by atoms with Gasteiger partial charge in [0.2, 0.25) is 5.95 Å². The molecule has 3 nitrogen and oxygen atoms in total. The maximum atomic E-state index is 13.2. The molecule has 0 aliphatic heterocycles. The van der Waals surface area contributed by atoms with Crippen molar-refractivity contribution in [2.75, 3.05) is 5.73 Å². The quantitative estimate of drug-likeness (QED) is 0.729. The van der Waals surface area contributed by atoms with E-state index in [0.717, 1.165) is 6.07 Å². The van der Waals surface area contributed by atoms with Crippen molar-refractivity contribution in [2.24, 2.45) is 0 Å². The van der Waals surface area contributed by atoms with Gasteiger partial charge in [-0.1, -0.05) is 29.8 Å². The third kappa shape index (κ3) is 2.21. The monoisotopic (exact) mass is 311 g/mol. The van der Waals surface area contributed by atoms with Crippen molar-refractivity contribution in [1.29, 1.82) is 0 Å². The van der Waals surface area contributed by atoms with Crippen LogP contribution in [0.3, 0.4) is 0 Å². The molecular formula is C14H9ClF3N3. The molecular weight excluding hydrogens is 303 g/mol. The Kier molecular flexibility index (Phi) is 3.06. The molecule has 0 radical (unpaired) electrons. The number of nitrogens with zero attached hydrogens (tertiary/aromatic N) is 2. The normalized spacial score (nSPS) is 12.0. The topological polar surface area (TPSA) is 43.8 Å². The number of alkyl halides is 3. The molecule has 0 bridgehead atoms. The number of fused-ring (bicyclic) bond motifs is 1. The van der Waals surface area contributed by atoms with Crippen LogP contribution < -0.4 is 5.73 Å². The number of hydrogen-bond acceptors (Lipinski definition) is 2. The first-order valence-corrected chi connectivity index (χ1v) is 6.36. The van der Waals surface area contributed by atoms with Crippen molar-refractivity contribution in [3.63, 3.8) is 0 Å². The molecule has 0 saturated carbocycles. The summed E-state index contributed by atoms with van der Waals surface area (Å²) in [5.41, 5.74) is 5.69. The first-order valence-electron chi connectivity index (χ1n) is 5.98. The third-order valence-electron chi connectivity index (χ3n) is 3.10. The third-order valence-corrected chi connectivity index (χ3v) is 3.41. The Hall–Kier alpha value is -2.21. The first-order chi connectivity index (χ1) is 9.89. The highest BCUT2D eigenvalue weighted by molar-refractivity contribution is 6.35. The molecule has 108 valence electrons. The van der Waals surface area contributed by atoms with Crippen LogP contribution in [0.2, 0.25) is 5.02 Å². The van der Waals surface area contributed by atoms with Crippen LogP contribution in [0.25, 0.3) is 16.7 Å². The maximum absolute atomic E-state index is 13.2. The lowest BCUT2D eigenvalue weighted by Gasteiger charge is -2.15. The lowest BCUT2D eigenvalue weighted by atomic mass is 10.1. The highest BCUT2D eigenvalue weighted by atomic mass is 35.5. The van der Waals surface area contributed by atoms with E-state index in [-0.39, 0.29) is 16.7 Å². The number of nitrogen functional groups attached to an aromatic ring is 1. The molecule has 0 fully saturated rings. The first kappa shape index (κ1) is 13.8. The minimum absolute atomic E-state index is 0.0465. The number of benzene rings is 2. The van der Waals surface area contributed by atoms with Gasteiger partial charge in [-0.05, 0) is 24.3 Å². The smallest absolute Gasteiger partial charge is 0.369 e. The number of rotatable bonds is 1.